The summed E-state index contributed by atoms with van der Waals surface area (Å²) in [5.74, 6) is 0.263. The Morgan fingerprint density at radius 2 is 1.95 bits per heavy atom. The van der Waals surface area contributed by atoms with Crippen LogP contribution >= 0.6 is 0 Å². The molecule has 1 aromatic rings. The number of carbonyl (C=O) groups is 1. The van der Waals surface area contributed by atoms with E-state index in [0.717, 1.165) is 5.69 Å². The predicted octanol–water partition coefficient (Wildman–Crippen LogP) is 1.50. The summed E-state index contributed by atoms with van der Waals surface area (Å²) in [5, 5.41) is 0. The normalized spacial score (nSPS) is 19.5. The summed E-state index contributed by atoms with van der Waals surface area (Å²) in [6, 6.07) is 0.165. The van der Waals surface area contributed by atoms with Gasteiger partial charge in [0.25, 0.3) is 0 Å². The van der Waals surface area contributed by atoms with Gasteiger partial charge in [-0.1, -0.05) is 0 Å². The maximum absolute atomic E-state index is 12.1. The number of carbonyl (C=O) groups excluding carboxylic acids is 1. The molecule has 0 saturated carbocycles. The fourth-order valence-corrected chi connectivity index (χ4v) is 2.31. The van der Waals surface area contributed by atoms with Gasteiger partial charge in [0.05, 0.1) is 18.1 Å². The molecule has 0 bridgehead atoms. The molecule has 21 heavy (non-hydrogen) atoms. The molecular formula is C14H23N5O2. The molecule has 116 valence electrons. The Bertz CT molecular complexity index is 497. The van der Waals surface area contributed by atoms with Gasteiger partial charge in [-0.3, -0.25) is 0 Å². The minimum atomic E-state index is -0.470. The molecule has 2 heterocycles. The van der Waals surface area contributed by atoms with Crippen LogP contribution in [-0.4, -0.2) is 52.2 Å². The Morgan fingerprint density at radius 1 is 1.33 bits per heavy atom. The fraction of sp³-hybridized carbons (Fsp3) is 0.643. The van der Waals surface area contributed by atoms with E-state index in [1.807, 2.05) is 20.8 Å². The lowest BCUT2D eigenvalue weighted by molar-refractivity contribution is 0.0219. The monoisotopic (exact) mass is 293 g/mol. The highest BCUT2D eigenvalue weighted by Gasteiger charge is 2.30. The van der Waals surface area contributed by atoms with E-state index in [1.54, 1.807) is 17.3 Å². The van der Waals surface area contributed by atoms with Crippen LogP contribution in [0.3, 0.4) is 0 Å². The SMILES string of the molecule is CC1CN(C(=O)OC(C)(C)C)CCN1c1cnc(N)nc1. The molecule has 0 spiro atoms. The first-order valence-electron chi connectivity index (χ1n) is 7.08. The van der Waals surface area contributed by atoms with Crippen molar-refractivity contribution in [1.82, 2.24) is 14.9 Å². The standard InChI is InChI=1S/C14H23N5O2/c1-10-9-18(13(20)21-14(2,3)4)5-6-19(10)11-7-16-12(15)17-8-11/h7-8,10H,5-6,9H2,1-4H3,(H2,15,16,17). The molecule has 0 aromatic carbocycles. The van der Waals surface area contributed by atoms with Gasteiger partial charge in [0, 0.05) is 25.7 Å². The summed E-state index contributed by atoms with van der Waals surface area (Å²) in [6.07, 6.45) is 3.16. The first kappa shape index (κ1) is 15.3. The first-order chi connectivity index (χ1) is 9.76. The highest BCUT2D eigenvalue weighted by atomic mass is 16.6. The van der Waals surface area contributed by atoms with E-state index in [0.29, 0.717) is 19.6 Å². The number of nitrogens with two attached hydrogens (primary N) is 1. The molecule has 1 amide bonds. The molecule has 1 unspecified atom stereocenters. The summed E-state index contributed by atoms with van der Waals surface area (Å²) in [6.45, 7) is 9.62. The molecule has 0 aliphatic carbocycles. The molecule has 2 rings (SSSR count). The zero-order valence-electron chi connectivity index (χ0n) is 13.0. The summed E-state index contributed by atoms with van der Waals surface area (Å²) in [5.41, 5.74) is 5.95. The number of nitrogens with zero attached hydrogens (tertiary/aromatic N) is 4. The van der Waals surface area contributed by atoms with Gasteiger partial charge in [0.1, 0.15) is 5.60 Å². The zero-order chi connectivity index (χ0) is 15.6. The van der Waals surface area contributed by atoms with Crippen molar-refractivity contribution in [3.63, 3.8) is 0 Å². The van der Waals surface area contributed by atoms with Gasteiger partial charge in [0.15, 0.2) is 0 Å². The number of hydrogen-bond donors (Lipinski definition) is 1. The molecular weight excluding hydrogens is 270 g/mol. The van der Waals surface area contributed by atoms with Gasteiger partial charge in [-0.05, 0) is 27.7 Å². The summed E-state index contributed by atoms with van der Waals surface area (Å²) in [4.78, 5) is 24.0. The van der Waals surface area contributed by atoms with Gasteiger partial charge in [-0.2, -0.15) is 0 Å². The quantitative estimate of drug-likeness (QED) is 0.844. The number of nitrogen functional groups attached to an aromatic ring is 1. The number of ether oxygens (including phenoxy) is 1. The van der Waals surface area contributed by atoms with Crippen LogP contribution in [0.1, 0.15) is 27.7 Å². The van der Waals surface area contributed by atoms with E-state index in [1.165, 1.54) is 0 Å². The van der Waals surface area contributed by atoms with Crippen molar-refractivity contribution in [3.8, 4) is 0 Å². The molecule has 1 aliphatic rings. The summed E-state index contributed by atoms with van der Waals surface area (Å²) >= 11 is 0. The van der Waals surface area contributed by atoms with Crippen LogP contribution in [-0.2, 0) is 4.74 Å². The molecule has 1 atom stereocenters. The van der Waals surface area contributed by atoms with E-state index in [4.69, 9.17) is 10.5 Å². The number of aromatic nitrogens is 2. The molecule has 1 aliphatic heterocycles. The van der Waals surface area contributed by atoms with E-state index >= 15 is 0 Å². The second kappa shape index (κ2) is 5.75. The molecule has 7 heteroatoms. The fourth-order valence-electron chi connectivity index (χ4n) is 2.31. The minimum Gasteiger partial charge on any atom is -0.444 e. The average Bonchev–Trinajstić information content (AvgIpc) is 2.38. The van der Waals surface area contributed by atoms with Crippen molar-refractivity contribution >= 4 is 17.7 Å². The highest BCUT2D eigenvalue weighted by molar-refractivity contribution is 5.68. The van der Waals surface area contributed by atoms with Crippen LogP contribution in [0.2, 0.25) is 0 Å². The predicted molar refractivity (Wildman–Crippen MR) is 81.1 cm³/mol. The summed E-state index contributed by atoms with van der Waals surface area (Å²) < 4.78 is 5.41. The lowest BCUT2D eigenvalue weighted by Crippen LogP contribution is -2.54. The molecule has 0 radical (unpaired) electrons. The number of anilines is 2. The number of rotatable bonds is 1. The van der Waals surface area contributed by atoms with E-state index in [-0.39, 0.29) is 18.1 Å². The van der Waals surface area contributed by atoms with Gasteiger partial charge in [-0.15, -0.1) is 0 Å². The average molecular weight is 293 g/mol. The third-order valence-electron chi connectivity index (χ3n) is 3.27. The smallest absolute Gasteiger partial charge is 0.410 e. The Balaban J connectivity index is 1.99. The number of hydrogen-bond acceptors (Lipinski definition) is 6. The Morgan fingerprint density at radius 3 is 2.48 bits per heavy atom. The van der Waals surface area contributed by atoms with Gasteiger partial charge in [0.2, 0.25) is 5.95 Å². The number of amides is 1. The lowest BCUT2D eigenvalue weighted by Gasteiger charge is -2.41. The van der Waals surface area contributed by atoms with Crippen molar-refractivity contribution in [3.05, 3.63) is 12.4 Å². The molecule has 2 N–H and O–H groups in total. The van der Waals surface area contributed by atoms with Crippen LogP contribution in [0, 0.1) is 0 Å². The Labute approximate surface area is 125 Å². The maximum atomic E-state index is 12.1. The first-order valence-corrected chi connectivity index (χ1v) is 7.08. The van der Waals surface area contributed by atoms with Gasteiger partial charge in [-0.25, -0.2) is 14.8 Å². The largest absolute Gasteiger partial charge is 0.444 e. The molecule has 1 aromatic heterocycles. The van der Waals surface area contributed by atoms with Crippen LogP contribution in [0.15, 0.2) is 12.4 Å². The highest BCUT2D eigenvalue weighted by Crippen LogP contribution is 2.20. The van der Waals surface area contributed by atoms with Crippen molar-refractivity contribution in [1.29, 1.82) is 0 Å². The third kappa shape index (κ3) is 3.96. The number of piperazine rings is 1. The summed E-state index contributed by atoms with van der Waals surface area (Å²) in [7, 11) is 0. The Hall–Kier alpha value is -2.05. The van der Waals surface area contributed by atoms with E-state index < -0.39 is 5.60 Å². The van der Waals surface area contributed by atoms with Crippen molar-refractivity contribution in [2.75, 3.05) is 30.3 Å². The van der Waals surface area contributed by atoms with Crippen molar-refractivity contribution < 1.29 is 9.53 Å². The second-order valence-electron chi connectivity index (χ2n) is 6.27. The second-order valence-corrected chi connectivity index (χ2v) is 6.27. The van der Waals surface area contributed by atoms with Crippen LogP contribution in [0.4, 0.5) is 16.4 Å². The van der Waals surface area contributed by atoms with Crippen molar-refractivity contribution in [2.45, 2.75) is 39.3 Å². The molecule has 7 nitrogen and oxygen atoms in total. The van der Waals surface area contributed by atoms with Gasteiger partial charge < -0.3 is 20.3 Å². The van der Waals surface area contributed by atoms with Crippen LogP contribution in [0.25, 0.3) is 0 Å². The van der Waals surface area contributed by atoms with Crippen LogP contribution < -0.4 is 10.6 Å². The minimum absolute atomic E-state index is 0.165. The lowest BCUT2D eigenvalue weighted by atomic mass is 10.2. The maximum Gasteiger partial charge on any atom is 0.410 e. The molecule has 1 fully saturated rings. The van der Waals surface area contributed by atoms with E-state index in [9.17, 15) is 4.79 Å². The van der Waals surface area contributed by atoms with Crippen LogP contribution in [0.5, 0.6) is 0 Å². The topological polar surface area (TPSA) is 84.6 Å². The van der Waals surface area contributed by atoms with E-state index in [2.05, 4.69) is 21.8 Å². The zero-order valence-corrected chi connectivity index (χ0v) is 13.0. The molecule has 1 saturated heterocycles. The van der Waals surface area contributed by atoms with Crippen molar-refractivity contribution in [2.24, 2.45) is 0 Å². The Kier molecular flexibility index (Phi) is 4.20. The van der Waals surface area contributed by atoms with Gasteiger partial charge >= 0.3 is 6.09 Å². The third-order valence-corrected chi connectivity index (χ3v) is 3.27.